The summed E-state index contributed by atoms with van der Waals surface area (Å²) < 4.78 is 0. The second-order valence-electron chi connectivity index (χ2n) is 0.247. The summed E-state index contributed by atoms with van der Waals surface area (Å²) in [4.78, 5) is 0. The molecule has 0 aromatic heterocycles. The molecule has 5 heavy (non-hydrogen) atoms. The number of hydrogen-bond donors (Lipinski definition) is 0. The molecule has 0 radical (unpaired) electrons. The molecule has 0 aliphatic heterocycles. The minimum atomic E-state index is -0.727. The van der Waals surface area contributed by atoms with Gasteiger partial charge in [0.25, 0.3) is 0 Å². The molecule has 0 nitrogen and oxygen atoms in total. The third kappa shape index (κ3) is 17.6. The molecule has 0 amide bonds. The zero-order valence-corrected chi connectivity index (χ0v) is 11.5. The van der Waals surface area contributed by atoms with Crippen LogP contribution in [0.25, 0.3) is 0 Å². The van der Waals surface area contributed by atoms with E-state index in [1.807, 2.05) is 0 Å². The minimum absolute atomic E-state index is 0. The fourth-order valence-electron chi connectivity index (χ4n) is 0. The van der Waals surface area contributed by atoms with E-state index in [2.05, 4.69) is 55.9 Å². The van der Waals surface area contributed by atoms with Crippen molar-refractivity contribution in [1.29, 1.82) is 0 Å². The number of hydrogen-bond acceptors (Lipinski definition) is 0. The Kier molecular flexibility index (Phi) is 23.0. The molecule has 0 unspecified atom stereocenters. The summed E-state index contributed by atoms with van der Waals surface area (Å²) in [5.41, 5.74) is 0. The van der Waals surface area contributed by atoms with Gasteiger partial charge < -0.3 is 0 Å². The summed E-state index contributed by atoms with van der Waals surface area (Å²) in [7, 11) is -0.727. The Balaban J connectivity index is 0. The van der Waals surface area contributed by atoms with Crippen LogP contribution in [0.2, 0.25) is 0 Å². The predicted molar refractivity (Wildman–Crippen MR) is 56.4 cm³/mol. The molecule has 0 fully saturated rings. The Morgan fingerprint density at radius 1 is 1.00 bits per heavy atom. The van der Waals surface area contributed by atoms with Crippen molar-refractivity contribution < 1.29 is 0 Å². The molecule has 0 rings (SSSR count). The topological polar surface area (TPSA) is 0 Å². The molecule has 0 bridgehead atoms. The molecule has 0 atom stereocenters. The molecule has 0 saturated carbocycles. The first-order valence-electron chi connectivity index (χ1n) is 0.655. The van der Waals surface area contributed by atoms with Crippen LogP contribution in [0.4, 0.5) is 0 Å². The van der Waals surface area contributed by atoms with E-state index >= 15 is 0 Å². The SMILES string of the molecule is [CsH].[I][SnH]([I])[I]. The summed E-state index contributed by atoms with van der Waals surface area (Å²) in [5, 5.41) is 0. The van der Waals surface area contributed by atoms with E-state index in [0.29, 0.717) is 0 Å². The van der Waals surface area contributed by atoms with Crippen molar-refractivity contribution in [2.45, 2.75) is 0 Å². The van der Waals surface area contributed by atoms with Crippen LogP contribution in [0.5, 0.6) is 0 Å². The average Bonchev–Trinajstić information content (AvgIpc) is 0.811. The van der Waals surface area contributed by atoms with Crippen LogP contribution in [0, 0.1) is 0 Å². The molecule has 0 N–H and O–H groups in total. The first-order chi connectivity index (χ1) is 1.73. The predicted octanol–water partition coefficient (Wildman–Crippen LogP) is 1.36. The Morgan fingerprint density at radius 3 is 1.00 bits per heavy atom. The summed E-state index contributed by atoms with van der Waals surface area (Å²) in [6, 6.07) is 0. The normalized spacial score (nSPS) is 7.20. The van der Waals surface area contributed by atoms with Crippen molar-refractivity contribution in [3.63, 3.8) is 0 Å². The van der Waals surface area contributed by atoms with Gasteiger partial charge in [0.2, 0.25) is 0 Å². The summed E-state index contributed by atoms with van der Waals surface area (Å²) in [5.74, 6) is 0. The van der Waals surface area contributed by atoms with Gasteiger partial charge in [-0.25, -0.2) is 0 Å². The number of halogens is 3. The van der Waals surface area contributed by atoms with Crippen LogP contribution >= 0.6 is 55.9 Å². The van der Waals surface area contributed by atoms with Gasteiger partial charge in [0, 0.05) is 0 Å². The summed E-state index contributed by atoms with van der Waals surface area (Å²) in [6.07, 6.45) is 0. The van der Waals surface area contributed by atoms with E-state index < -0.39 is 7.86 Å². The standard InChI is InChI=1S/Cs.3HI.Sn.2H/h;3*1H;;;/q;;;;+3;;/p-3. The van der Waals surface area contributed by atoms with Crippen LogP contribution in [0.3, 0.4) is 0 Å². The van der Waals surface area contributed by atoms with Crippen molar-refractivity contribution in [3.8, 4) is 0 Å². The van der Waals surface area contributed by atoms with Crippen LogP contribution in [0.15, 0.2) is 0 Å². The van der Waals surface area contributed by atoms with E-state index in [4.69, 9.17) is 0 Å². The van der Waals surface area contributed by atoms with Crippen molar-refractivity contribution in [3.05, 3.63) is 0 Å². The monoisotopic (exact) mass is 636 g/mol. The molecule has 0 heterocycles. The average molecular weight is 634 g/mol. The summed E-state index contributed by atoms with van der Waals surface area (Å²) in [6.45, 7) is 0. The third-order valence-electron chi connectivity index (χ3n) is 0. The first-order valence-corrected chi connectivity index (χ1v) is 29.5. The van der Waals surface area contributed by atoms with Crippen molar-refractivity contribution >= 4 is 133 Å². The molecule has 0 aliphatic carbocycles. The van der Waals surface area contributed by atoms with Gasteiger partial charge >= 0.3 is 133 Å². The van der Waals surface area contributed by atoms with Gasteiger partial charge in [0.1, 0.15) is 0 Å². The molecule has 0 aromatic carbocycles. The van der Waals surface area contributed by atoms with E-state index in [1.165, 1.54) is 0 Å². The van der Waals surface area contributed by atoms with Gasteiger partial charge in [-0.1, -0.05) is 0 Å². The Hall–Kier alpha value is 5.04. The Labute approximate surface area is 127 Å². The van der Waals surface area contributed by atoms with E-state index in [0.717, 1.165) is 0 Å². The second-order valence-corrected chi connectivity index (χ2v) is 74.7. The van der Waals surface area contributed by atoms with Crippen LogP contribution in [0.1, 0.15) is 0 Å². The van der Waals surface area contributed by atoms with E-state index in [-0.39, 0.29) is 68.9 Å². The Morgan fingerprint density at radius 2 is 1.00 bits per heavy atom. The van der Waals surface area contributed by atoms with Crippen molar-refractivity contribution in [2.75, 3.05) is 0 Å². The van der Waals surface area contributed by atoms with Crippen LogP contribution in [-0.2, 0) is 0 Å². The maximum atomic E-state index is 2.53. The van der Waals surface area contributed by atoms with Crippen LogP contribution < -0.4 is 0 Å². The molecule has 0 saturated heterocycles. The zero-order valence-electron chi connectivity index (χ0n) is 1.71. The van der Waals surface area contributed by atoms with Gasteiger partial charge in [0.15, 0.2) is 0 Å². The van der Waals surface area contributed by atoms with Gasteiger partial charge in [-0.15, -0.1) is 0 Å². The van der Waals surface area contributed by atoms with Gasteiger partial charge in [-0.2, -0.15) is 0 Å². The first kappa shape index (κ1) is 12.7. The fourth-order valence-corrected chi connectivity index (χ4v) is 0. The Bertz CT molecular complexity index is 11.6. The molecular formula is H2CsI3Sn. The van der Waals surface area contributed by atoms with Crippen LogP contribution in [-0.4, -0.2) is 76.7 Å². The zero-order chi connectivity index (χ0) is 3.58. The van der Waals surface area contributed by atoms with Gasteiger partial charge in [0.05, 0.1) is 0 Å². The fraction of sp³-hybridized carbons (Fsp3) is 0. The van der Waals surface area contributed by atoms with E-state index in [1.54, 1.807) is 0 Å². The molecule has 0 aliphatic rings. The number of rotatable bonds is 0. The molecule has 5 heteroatoms. The molecular weight excluding hydrogens is 632 g/mol. The maximum absolute atomic E-state index is 2.53. The van der Waals surface area contributed by atoms with Crippen molar-refractivity contribution in [2.24, 2.45) is 0 Å². The molecule has 0 aromatic rings. The summed E-state index contributed by atoms with van der Waals surface area (Å²) >= 11 is 7.58. The molecule has 0 spiro atoms. The van der Waals surface area contributed by atoms with Gasteiger partial charge in [-0.05, 0) is 0 Å². The van der Waals surface area contributed by atoms with E-state index in [9.17, 15) is 0 Å². The third-order valence-corrected chi connectivity index (χ3v) is 0. The van der Waals surface area contributed by atoms with Crippen molar-refractivity contribution in [1.82, 2.24) is 0 Å². The molecule has 28 valence electrons. The quantitative estimate of drug-likeness (QED) is 0.279. The second kappa shape index (κ2) is 9.04. The van der Waals surface area contributed by atoms with Gasteiger partial charge in [-0.3, -0.25) is 0 Å².